The normalized spacial score (nSPS) is 12.2. The van der Waals surface area contributed by atoms with E-state index in [0.717, 1.165) is 22.4 Å². The lowest BCUT2D eigenvalue weighted by atomic mass is 10.2. The Morgan fingerprint density at radius 2 is 2.00 bits per heavy atom. The van der Waals surface area contributed by atoms with Crippen molar-refractivity contribution in [2.45, 2.75) is 18.4 Å². The van der Waals surface area contributed by atoms with Gasteiger partial charge in [0.25, 0.3) is 0 Å². The second kappa shape index (κ2) is 6.76. The number of hydrogen-bond donors (Lipinski definition) is 0. The van der Waals surface area contributed by atoms with Crippen molar-refractivity contribution in [3.05, 3.63) is 23.8 Å². The maximum absolute atomic E-state index is 5.65. The van der Waals surface area contributed by atoms with Crippen LogP contribution in [0.5, 0.6) is 11.5 Å². The van der Waals surface area contributed by atoms with Gasteiger partial charge in [0.1, 0.15) is 6.61 Å². The molecule has 1 rings (SSSR count). The summed E-state index contributed by atoms with van der Waals surface area (Å²) in [5, 5.41) is 0.799. The van der Waals surface area contributed by atoms with Gasteiger partial charge in [-0.3, -0.25) is 0 Å². The maximum Gasteiger partial charge on any atom is 0.161 e. The van der Waals surface area contributed by atoms with E-state index in [1.54, 1.807) is 14.2 Å². The van der Waals surface area contributed by atoms with Gasteiger partial charge in [-0.05, 0) is 24.6 Å². The minimum Gasteiger partial charge on any atom is -0.493 e. The minimum atomic E-state index is 0.0670. The van der Waals surface area contributed by atoms with Crippen molar-refractivity contribution in [3.63, 3.8) is 0 Å². The predicted octanol–water partition coefficient (Wildman–Crippen LogP) is 3.00. The molecule has 0 aliphatic heterocycles. The summed E-state index contributed by atoms with van der Waals surface area (Å²) in [6, 6.07) is 5.87. The molecular formula is C12H17BrO3. The Kier molecular flexibility index (Phi) is 5.63. The summed E-state index contributed by atoms with van der Waals surface area (Å²) in [5.41, 5.74) is 1.15. The van der Waals surface area contributed by atoms with Crippen molar-refractivity contribution in [1.29, 1.82) is 0 Å². The van der Waals surface area contributed by atoms with Crippen LogP contribution in [-0.2, 0) is 10.1 Å². The van der Waals surface area contributed by atoms with Crippen molar-refractivity contribution in [2.24, 2.45) is 0 Å². The molecule has 0 saturated carbocycles. The number of halogens is 1. The summed E-state index contributed by atoms with van der Waals surface area (Å²) in [5.74, 6) is 1.50. The Balaban J connectivity index is 2.75. The quantitative estimate of drug-likeness (QED) is 0.753. The molecule has 0 heterocycles. The molecule has 90 valence electrons. The lowest BCUT2D eigenvalue weighted by Crippen LogP contribution is -2.16. The van der Waals surface area contributed by atoms with E-state index < -0.39 is 0 Å². The van der Waals surface area contributed by atoms with Gasteiger partial charge in [-0.15, -0.1) is 0 Å². The van der Waals surface area contributed by atoms with E-state index in [1.807, 2.05) is 25.1 Å². The van der Waals surface area contributed by atoms with E-state index in [0.29, 0.717) is 6.61 Å². The molecule has 0 radical (unpaired) electrons. The number of benzene rings is 1. The zero-order valence-electron chi connectivity index (χ0n) is 9.83. The van der Waals surface area contributed by atoms with Gasteiger partial charge in [0.2, 0.25) is 0 Å². The molecule has 3 nitrogen and oxygen atoms in total. The fourth-order valence-corrected chi connectivity index (χ4v) is 1.54. The number of rotatable bonds is 6. The highest BCUT2D eigenvalue weighted by atomic mass is 79.9. The van der Waals surface area contributed by atoms with E-state index in [9.17, 15) is 0 Å². The third-order valence-electron chi connectivity index (χ3n) is 2.26. The molecule has 1 atom stereocenters. The van der Waals surface area contributed by atoms with Gasteiger partial charge in [0.05, 0.1) is 13.2 Å². The molecule has 0 fully saturated rings. The van der Waals surface area contributed by atoms with Crippen LogP contribution in [-0.4, -0.2) is 26.9 Å². The molecule has 0 aliphatic rings. The number of alkyl halides is 1. The highest BCUT2D eigenvalue weighted by Crippen LogP contribution is 2.28. The summed E-state index contributed by atoms with van der Waals surface area (Å²) >= 11 is 3.41. The first-order valence-electron chi connectivity index (χ1n) is 5.09. The second-order valence-corrected chi connectivity index (χ2v) is 4.04. The molecule has 0 bridgehead atoms. The van der Waals surface area contributed by atoms with E-state index in [2.05, 4.69) is 15.9 Å². The summed E-state index contributed by atoms with van der Waals surface area (Å²) in [6.07, 6.45) is 0.0670. The largest absolute Gasteiger partial charge is 0.493 e. The van der Waals surface area contributed by atoms with Gasteiger partial charge in [-0.25, -0.2) is 0 Å². The first-order valence-corrected chi connectivity index (χ1v) is 6.22. The highest BCUT2D eigenvalue weighted by molar-refractivity contribution is 9.08. The zero-order valence-corrected chi connectivity index (χ0v) is 11.4. The monoisotopic (exact) mass is 288 g/mol. The summed E-state index contributed by atoms with van der Waals surface area (Å²) in [7, 11) is 3.30. The first kappa shape index (κ1) is 13.3. The van der Waals surface area contributed by atoms with Gasteiger partial charge in [-0.2, -0.15) is 0 Å². The maximum atomic E-state index is 5.65. The fraction of sp³-hybridized carbons (Fsp3) is 0.500. The van der Waals surface area contributed by atoms with E-state index in [-0.39, 0.29) is 6.10 Å². The average Bonchev–Trinajstić information content (AvgIpc) is 2.35. The molecule has 1 aromatic carbocycles. The van der Waals surface area contributed by atoms with Gasteiger partial charge in [-0.1, -0.05) is 22.0 Å². The molecule has 4 heteroatoms. The predicted molar refractivity (Wildman–Crippen MR) is 67.6 cm³/mol. The van der Waals surface area contributed by atoms with Crippen LogP contribution in [0.4, 0.5) is 0 Å². The molecule has 1 unspecified atom stereocenters. The molecule has 0 amide bonds. The minimum absolute atomic E-state index is 0.0670. The van der Waals surface area contributed by atoms with Gasteiger partial charge in [0.15, 0.2) is 11.5 Å². The van der Waals surface area contributed by atoms with Crippen LogP contribution < -0.4 is 9.47 Å². The van der Waals surface area contributed by atoms with E-state index >= 15 is 0 Å². The van der Waals surface area contributed by atoms with Crippen molar-refractivity contribution in [2.75, 3.05) is 20.8 Å². The molecule has 0 N–H and O–H groups in total. The molecule has 0 saturated heterocycles. The summed E-state index contributed by atoms with van der Waals surface area (Å²) < 4.78 is 16.0. The van der Waals surface area contributed by atoms with Crippen LogP contribution in [0, 0.1) is 0 Å². The molecule has 0 aromatic heterocycles. The van der Waals surface area contributed by atoms with Crippen molar-refractivity contribution in [1.82, 2.24) is 0 Å². The number of methoxy groups -OCH3 is 2. The van der Waals surface area contributed by atoms with Crippen LogP contribution in [0.25, 0.3) is 0 Å². The van der Waals surface area contributed by atoms with Crippen molar-refractivity contribution in [3.8, 4) is 11.5 Å². The van der Waals surface area contributed by atoms with Gasteiger partial charge < -0.3 is 14.2 Å². The summed E-state index contributed by atoms with van der Waals surface area (Å²) in [4.78, 5) is 0. The first-order chi connectivity index (χ1) is 7.71. The Hall–Kier alpha value is -0.740. The lowest BCUT2D eigenvalue weighted by molar-refractivity contribution is 0.0706. The topological polar surface area (TPSA) is 27.7 Å². The standard InChI is InChI=1S/C12H17BrO3/c1-9(14-2)8-16-12-6-10(7-13)4-5-11(12)15-3/h4-6,9H,7-8H2,1-3H3. The second-order valence-electron chi connectivity index (χ2n) is 3.48. The van der Waals surface area contributed by atoms with Crippen LogP contribution in [0.2, 0.25) is 0 Å². The van der Waals surface area contributed by atoms with E-state index in [4.69, 9.17) is 14.2 Å². The van der Waals surface area contributed by atoms with Crippen molar-refractivity contribution >= 4 is 15.9 Å². The van der Waals surface area contributed by atoms with Crippen LogP contribution in [0.1, 0.15) is 12.5 Å². The zero-order chi connectivity index (χ0) is 12.0. The number of hydrogen-bond acceptors (Lipinski definition) is 3. The molecule has 0 spiro atoms. The Morgan fingerprint density at radius 1 is 1.25 bits per heavy atom. The Morgan fingerprint density at radius 3 is 2.56 bits per heavy atom. The summed E-state index contributed by atoms with van der Waals surface area (Å²) in [6.45, 7) is 2.47. The average molecular weight is 289 g/mol. The molecular weight excluding hydrogens is 272 g/mol. The van der Waals surface area contributed by atoms with E-state index in [1.165, 1.54) is 0 Å². The highest BCUT2D eigenvalue weighted by Gasteiger charge is 2.07. The molecule has 1 aromatic rings. The van der Waals surface area contributed by atoms with Crippen molar-refractivity contribution < 1.29 is 14.2 Å². The number of ether oxygens (including phenoxy) is 3. The lowest BCUT2D eigenvalue weighted by Gasteiger charge is -2.14. The third-order valence-corrected chi connectivity index (χ3v) is 2.91. The SMILES string of the molecule is COc1ccc(CBr)cc1OCC(C)OC. The Labute approximate surface area is 105 Å². The van der Waals surface area contributed by atoms with Crippen LogP contribution in [0.15, 0.2) is 18.2 Å². The molecule has 0 aliphatic carbocycles. The van der Waals surface area contributed by atoms with Crippen LogP contribution in [0.3, 0.4) is 0 Å². The van der Waals surface area contributed by atoms with Gasteiger partial charge in [0, 0.05) is 12.4 Å². The fourth-order valence-electron chi connectivity index (χ4n) is 1.19. The van der Waals surface area contributed by atoms with Gasteiger partial charge >= 0.3 is 0 Å². The molecule has 16 heavy (non-hydrogen) atoms. The van der Waals surface area contributed by atoms with Crippen LogP contribution >= 0.6 is 15.9 Å². The third kappa shape index (κ3) is 3.68. The Bertz CT molecular complexity index is 328. The smallest absolute Gasteiger partial charge is 0.161 e.